The number of hydrogen-bond donors (Lipinski definition) is 0. The van der Waals surface area contributed by atoms with Gasteiger partial charge < -0.3 is 14.2 Å². The van der Waals surface area contributed by atoms with Crippen molar-refractivity contribution >= 4 is 17.9 Å². The maximum absolute atomic E-state index is 12.8. The molecule has 0 aliphatic carbocycles. The summed E-state index contributed by atoms with van der Waals surface area (Å²) < 4.78 is 16.7. The summed E-state index contributed by atoms with van der Waals surface area (Å²) in [6, 6.07) is 0. The van der Waals surface area contributed by atoms with Gasteiger partial charge in [-0.05, 0) is 128 Å². The minimum Gasteiger partial charge on any atom is -0.462 e. The van der Waals surface area contributed by atoms with Crippen molar-refractivity contribution < 1.29 is 28.6 Å². The number of carbonyl (C=O) groups is 3. The Kier molecular flexibility index (Phi) is 52.1. The summed E-state index contributed by atoms with van der Waals surface area (Å²) in [7, 11) is 0. The third kappa shape index (κ3) is 54.1. The molecule has 0 aromatic rings. The van der Waals surface area contributed by atoms with Gasteiger partial charge in [0.2, 0.25) is 0 Å². The van der Waals surface area contributed by atoms with Crippen molar-refractivity contribution in [2.45, 2.75) is 219 Å². The van der Waals surface area contributed by atoms with Gasteiger partial charge in [0.15, 0.2) is 6.10 Å². The second-order valence-electron chi connectivity index (χ2n) is 17.4. The largest absolute Gasteiger partial charge is 0.462 e. The molecule has 386 valence electrons. The SMILES string of the molecule is CC/C=C\C/C=C\C/C=C\C/C=C\C/C=C\CCCC(=O)OCC(COC(=O)CCC/C=C\C/C=C\C/C=C\C/C=C\C/C=C\CC)OC(=O)CCCCCCCCC/C=C\C/C=C\CCCCC. The molecule has 0 atom stereocenters. The first kappa shape index (κ1) is 64.3. The maximum Gasteiger partial charge on any atom is 0.306 e. The molecule has 0 heterocycles. The molecule has 0 saturated heterocycles. The molecule has 0 fully saturated rings. The van der Waals surface area contributed by atoms with Crippen LogP contribution in [0.4, 0.5) is 0 Å². The van der Waals surface area contributed by atoms with Gasteiger partial charge in [-0.15, -0.1) is 0 Å². The lowest BCUT2D eigenvalue weighted by molar-refractivity contribution is -0.167. The van der Waals surface area contributed by atoms with Crippen LogP contribution in [-0.2, 0) is 28.6 Å². The van der Waals surface area contributed by atoms with E-state index in [4.69, 9.17) is 14.2 Å². The summed E-state index contributed by atoms with van der Waals surface area (Å²) in [4.78, 5) is 38.1. The number of unbranched alkanes of at least 4 members (excludes halogenated alkanes) is 12. The summed E-state index contributed by atoms with van der Waals surface area (Å²) in [5.74, 6) is -1.06. The average molecular weight is 951 g/mol. The van der Waals surface area contributed by atoms with Crippen LogP contribution in [-0.4, -0.2) is 37.2 Å². The average Bonchev–Trinajstić information content (AvgIpc) is 3.35. The fraction of sp³-hybridized carbons (Fsp3) is 0.571. The first-order chi connectivity index (χ1) is 34.0. The lowest BCUT2D eigenvalue weighted by Gasteiger charge is -2.18. The van der Waals surface area contributed by atoms with Gasteiger partial charge in [-0.25, -0.2) is 0 Å². The van der Waals surface area contributed by atoms with Crippen molar-refractivity contribution in [3.05, 3.63) is 146 Å². The van der Waals surface area contributed by atoms with Crippen LogP contribution in [0.1, 0.15) is 213 Å². The zero-order chi connectivity index (χ0) is 50.0. The van der Waals surface area contributed by atoms with E-state index in [9.17, 15) is 14.4 Å². The quantitative estimate of drug-likeness (QED) is 0.0262. The van der Waals surface area contributed by atoms with Crippen molar-refractivity contribution in [1.82, 2.24) is 0 Å². The molecule has 6 nitrogen and oxygen atoms in total. The molecular weight excluding hydrogens is 853 g/mol. The van der Waals surface area contributed by atoms with Gasteiger partial charge in [-0.2, -0.15) is 0 Å². The smallest absolute Gasteiger partial charge is 0.306 e. The Morgan fingerprint density at radius 1 is 0.304 bits per heavy atom. The number of carbonyl (C=O) groups excluding carboxylic acids is 3. The van der Waals surface area contributed by atoms with Crippen molar-refractivity contribution in [2.75, 3.05) is 13.2 Å². The van der Waals surface area contributed by atoms with Crippen LogP contribution in [0.5, 0.6) is 0 Å². The van der Waals surface area contributed by atoms with Crippen molar-refractivity contribution in [3.8, 4) is 0 Å². The van der Waals surface area contributed by atoms with E-state index in [1.807, 2.05) is 0 Å². The molecule has 0 rings (SSSR count). The van der Waals surface area contributed by atoms with E-state index in [1.165, 1.54) is 44.9 Å². The molecule has 0 bridgehead atoms. The van der Waals surface area contributed by atoms with Crippen LogP contribution in [0.2, 0.25) is 0 Å². The number of ether oxygens (including phenoxy) is 3. The molecule has 0 radical (unpaired) electrons. The molecule has 0 amide bonds. The summed E-state index contributed by atoms with van der Waals surface area (Å²) in [6.07, 6.45) is 79.8. The molecule has 0 N–H and O–H groups in total. The molecule has 0 aromatic heterocycles. The Bertz CT molecular complexity index is 1480. The van der Waals surface area contributed by atoms with Crippen LogP contribution in [0, 0.1) is 0 Å². The Morgan fingerprint density at radius 3 is 0.928 bits per heavy atom. The van der Waals surface area contributed by atoms with E-state index in [-0.39, 0.29) is 50.4 Å². The molecule has 69 heavy (non-hydrogen) atoms. The van der Waals surface area contributed by atoms with Crippen LogP contribution in [0.3, 0.4) is 0 Å². The maximum atomic E-state index is 12.8. The minimum atomic E-state index is -0.835. The Labute approximate surface area is 423 Å². The normalized spacial score (nSPS) is 12.9. The van der Waals surface area contributed by atoms with Crippen LogP contribution in [0.15, 0.2) is 146 Å². The monoisotopic (exact) mass is 951 g/mol. The molecule has 0 unspecified atom stereocenters. The predicted molar refractivity (Wildman–Crippen MR) is 297 cm³/mol. The second-order valence-corrected chi connectivity index (χ2v) is 17.4. The van der Waals surface area contributed by atoms with Gasteiger partial charge in [0.05, 0.1) is 0 Å². The van der Waals surface area contributed by atoms with Crippen molar-refractivity contribution in [3.63, 3.8) is 0 Å². The van der Waals surface area contributed by atoms with Crippen LogP contribution < -0.4 is 0 Å². The lowest BCUT2D eigenvalue weighted by Crippen LogP contribution is -2.30. The van der Waals surface area contributed by atoms with Gasteiger partial charge in [-0.1, -0.05) is 212 Å². The third-order valence-electron chi connectivity index (χ3n) is 10.8. The molecule has 6 heteroatoms. The number of hydrogen-bond acceptors (Lipinski definition) is 6. The molecule has 0 aromatic carbocycles. The summed E-state index contributed by atoms with van der Waals surface area (Å²) in [6.45, 7) is 6.26. The molecule has 0 aliphatic rings. The van der Waals surface area contributed by atoms with Gasteiger partial charge in [0, 0.05) is 19.3 Å². The Balaban J connectivity index is 4.61. The van der Waals surface area contributed by atoms with E-state index in [0.29, 0.717) is 12.8 Å². The third-order valence-corrected chi connectivity index (χ3v) is 10.8. The number of esters is 3. The molecule has 0 aliphatic heterocycles. The highest BCUT2D eigenvalue weighted by atomic mass is 16.6. The zero-order valence-corrected chi connectivity index (χ0v) is 44.0. The van der Waals surface area contributed by atoms with E-state index in [1.54, 1.807) is 0 Å². The highest BCUT2D eigenvalue weighted by molar-refractivity contribution is 5.71. The fourth-order valence-corrected chi connectivity index (χ4v) is 6.78. The molecule has 0 saturated carbocycles. The topological polar surface area (TPSA) is 78.9 Å². The Morgan fingerprint density at radius 2 is 0.580 bits per heavy atom. The van der Waals surface area contributed by atoms with E-state index in [2.05, 4.69) is 167 Å². The van der Waals surface area contributed by atoms with E-state index < -0.39 is 6.10 Å². The van der Waals surface area contributed by atoms with Crippen LogP contribution in [0.25, 0.3) is 0 Å². The highest BCUT2D eigenvalue weighted by Crippen LogP contribution is 2.12. The first-order valence-electron chi connectivity index (χ1n) is 27.3. The van der Waals surface area contributed by atoms with Gasteiger partial charge in [0.25, 0.3) is 0 Å². The van der Waals surface area contributed by atoms with E-state index in [0.717, 1.165) is 116 Å². The molecule has 0 spiro atoms. The predicted octanol–water partition coefficient (Wildman–Crippen LogP) is 18.4. The standard InChI is InChI=1S/C63H98O6/c1-4-7-10-13-16-19-22-25-28-31-34-37-40-43-46-49-52-55-61(64)67-58-60(69-63(66)57-54-51-48-45-42-39-36-33-30-27-24-21-18-15-12-9-6-3)59-68-62(65)56-53-50-47-44-41-38-35-32-29-26-23-20-17-14-11-8-5-2/h7-8,10-11,16-21,25-30,34-35,37-38,43-44,46-47,60H,4-6,9,12-15,22-24,31-33,36,39-42,45,48-59H2,1-3H3/b10-7-,11-8-,19-16-,20-17-,21-18-,28-25-,29-26-,30-27-,37-34-,38-35-,46-43-,47-44-. The summed E-state index contributed by atoms with van der Waals surface area (Å²) >= 11 is 0. The fourth-order valence-electron chi connectivity index (χ4n) is 6.78. The van der Waals surface area contributed by atoms with Crippen LogP contribution >= 0.6 is 0 Å². The van der Waals surface area contributed by atoms with Gasteiger partial charge in [0.1, 0.15) is 13.2 Å². The Hall–Kier alpha value is -4.71. The van der Waals surface area contributed by atoms with Gasteiger partial charge >= 0.3 is 17.9 Å². The summed E-state index contributed by atoms with van der Waals surface area (Å²) in [5, 5.41) is 0. The zero-order valence-electron chi connectivity index (χ0n) is 44.0. The van der Waals surface area contributed by atoms with Crippen molar-refractivity contribution in [1.29, 1.82) is 0 Å². The second kappa shape index (κ2) is 55.9. The van der Waals surface area contributed by atoms with Gasteiger partial charge in [-0.3, -0.25) is 14.4 Å². The van der Waals surface area contributed by atoms with Crippen molar-refractivity contribution in [2.24, 2.45) is 0 Å². The van der Waals surface area contributed by atoms with E-state index >= 15 is 0 Å². The number of allylic oxidation sites excluding steroid dienone is 24. The highest BCUT2D eigenvalue weighted by Gasteiger charge is 2.19. The number of rotatable bonds is 47. The lowest BCUT2D eigenvalue weighted by atomic mass is 10.1. The minimum absolute atomic E-state index is 0.134. The summed E-state index contributed by atoms with van der Waals surface area (Å²) in [5.41, 5.74) is 0. The first-order valence-corrected chi connectivity index (χ1v) is 27.3. The molecular formula is C63H98O6.